The van der Waals surface area contributed by atoms with Crippen LogP contribution in [0.5, 0.6) is 0 Å². The zero-order chi connectivity index (χ0) is 10.6. The first-order chi connectivity index (χ1) is 6.59. The van der Waals surface area contributed by atoms with Gasteiger partial charge < -0.3 is 5.11 Å². The molecular formula is C11H14O2S. The van der Waals surface area contributed by atoms with Gasteiger partial charge in [-0.05, 0) is 26.0 Å². The molecule has 0 bridgehead atoms. The molecule has 0 radical (unpaired) electrons. The van der Waals surface area contributed by atoms with Crippen molar-refractivity contribution in [1.29, 1.82) is 0 Å². The monoisotopic (exact) mass is 210 g/mol. The zero-order valence-corrected chi connectivity index (χ0v) is 9.17. The molecule has 2 nitrogen and oxygen atoms in total. The summed E-state index contributed by atoms with van der Waals surface area (Å²) in [6.07, 6.45) is -0.299. The minimum Gasteiger partial charge on any atom is -0.393 e. The molecule has 1 aromatic rings. The van der Waals surface area contributed by atoms with E-state index in [4.69, 9.17) is 5.11 Å². The first kappa shape index (κ1) is 11.3. The Morgan fingerprint density at radius 2 is 2.00 bits per heavy atom. The van der Waals surface area contributed by atoms with Crippen LogP contribution in [0.3, 0.4) is 0 Å². The molecule has 3 heteroatoms. The summed E-state index contributed by atoms with van der Waals surface area (Å²) < 4.78 is 0. The van der Waals surface area contributed by atoms with Crippen molar-refractivity contribution in [1.82, 2.24) is 0 Å². The molecule has 76 valence electrons. The molecule has 0 fully saturated rings. The Labute approximate surface area is 88.3 Å². The summed E-state index contributed by atoms with van der Waals surface area (Å²) in [4.78, 5) is 12.1. The van der Waals surface area contributed by atoms with Crippen molar-refractivity contribution in [2.24, 2.45) is 0 Å². The lowest BCUT2D eigenvalue weighted by Gasteiger charge is -2.04. The van der Waals surface area contributed by atoms with Crippen LogP contribution in [0.2, 0.25) is 0 Å². The standard InChI is InChI=1S/C11H14O2S/c1-8(12)7-14-11-5-3-10(4-6-11)9(2)13/h3-6,8,12H,7H2,1-2H3. The van der Waals surface area contributed by atoms with E-state index in [2.05, 4.69) is 0 Å². The highest BCUT2D eigenvalue weighted by molar-refractivity contribution is 7.99. The van der Waals surface area contributed by atoms with Gasteiger partial charge in [-0.15, -0.1) is 11.8 Å². The van der Waals surface area contributed by atoms with Crippen LogP contribution in [0.1, 0.15) is 24.2 Å². The summed E-state index contributed by atoms with van der Waals surface area (Å²) >= 11 is 1.59. The molecule has 1 unspecified atom stereocenters. The molecule has 14 heavy (non-hydrogen) atoms. The molecule has 1 rings (SSSR count). The highest BCUT2D eigenvalue weighted by Gasteiger charge is 2.00. The highest BCUT2D eigenvalue weighted by atomic mass is 32.2. The van der Waals surface area contributed by atoms with Crippen LogP contribution in [-0.2, 0) is 0 Å². The zero-order valence-electron chi connectivity index (χ0n) is 8.36. The Kier molecular flexibility index (Phi) is 4.17. The predicted molar refractivity (Wildman–Crippen MR) is 58.9 cm³/mol. The van der Waals surface area contributed by atoms with E-state index < -0.39 is 0 Å². The lowest BCUT2D eigenvalue weighted by molar-refractivity contribution is 0.101. The molecule has 0 aliphatic rings. The Morgan fingerprint density at radius 3 is 2.43 bits per heavy atom. The second-order valence-electron chi connectivity index (χ2n) is 3.24. The van der Waals surface area contributed by atoms with Gasteiger partial charge in [0, 0.05) is 16.2 Å². The first-order valence-corrected chi connectivity index (χ1v) is 5.50. The molecule has 1 aromatic carbocycles. The van der Waals surface area contributed by atoms with Gasteiger partial charge in [0.15, 0.2) is 5.78 Å². The van der Waals surface area contributed by atoms with E-state index >= 15 is 0 Å². The summed E-state index contributed by atoms with van der Waals surface area (Å²) in [5.41, 5.74) is 0.728. The Bertz CT molecular complexity index is 304. The summed E-state index contributed by atoms with van der Waals surface area (Å²) in [5.74, 6) is 0.761. The van der Waals surface area contributed by atoms with E-state index in [0.717, 1.165) is 10.5 Å². The highest BCUT2D eigenvalue weighted by Crippen LogP contribution is 2.19. The van der Waals surface area contributed by atoms with E-state index in [1.54, 1.807) is 25.6 Å². The van der Waals surface area contributed by atoms with Crippen LogP contribution in [-0.4, -0.2) is 22.7 Å². The minimum atomic E-state index is -0.299. The molecule has 0 spiro atoms. The topological polar surface area (TPSA) is 37.3 Å². The molecule has 0 heterocycles. The van der Waals surface area contributed by atoms with Crippen LogP contribution >= 0.6 is 11.8 Å². The van der Waals surface area contributed by atoms with E-state index in [0.29, 0.717) is 5.75 Å². The number of aliphatic hydroxyl groups is 1. The lowest BCUT2D eigenvalue weighted by atomic mass is 10.2. The Hall–Kier alpha value is -0.800. The molecule has 0 saturated carbocycles. The smallest absolute Gasteiger partial charge is 0.159 e. The number of ketones is 1. The fourth-order valence-corrected chi connectivity index (χ4v) is 1.76. The third-order valence-corrected chi connectivity index (χ3v) is 3.01. The number of thioether (sulfide) groups is 1. The molecule has 1 atom stereocenters. The third-order valence-electron chi connectivity index (χ3n) is 1.75. The van der Waals surface area contributed by atoms with Crippen LogP contribution in [0, 0.1) is 0 Å². The summed E-state index contributed by atoms with van der Waals surface area (Å²) in [5, 5.41) is 9.08. The lowest BCUT2D eigenvalue weighted by Crippen LogP contribution is -2.02. The average Bonchev–Trinajstić information content (AvgIpc) is 2.15. The van der Waals surface area contributed by atoms with E-state index in [1.807, 2.05) is 24.3 Å². The number of hydrogen-bond donors (Lipinski definition) is 1. The van der Waals surface area contributed by atoms with Crippen molar-refractivity contribution >= 4 is 17.5 Å². The van der Waals surface area contributed by atoms with Gasteiger partial charge in [-0.25, -0.2) is 0 Å². The molecular weight excluding hydrogens is 196 g/mol. The van der Waals surface area contributed by atoms with Crippen molar-refractivity contribution in [3.63, 3.8) is 0 Å². The number of hydrogen-bond acceptors (Lipinski definition) is 3. The number of Topliss-reactive ketones (excluding diaryl/α,β-unsaturated/α-hetero) is 1. The second-order valence-corrected chi connectivity index (χ2v) is 4.33. The predicted octanol–water partition coefficient (Wildman–Crippen LogP) is 2.36. The van der Waals surface area contributed by atoms with Gasteiger partial charge in [0.25, 0.3) is 0 Å². The molecule has 1 N–H and O–H groups in total. The van der Waals surface area contributed by atoms with Gasteiger partial charge in [-0.1, -0.05) is 12.1 Å². The fraction of sp³-hybridized carbons (Fsp3) is 0.364. The molecule has 0 amide bonds. The number of benzene rings is 1. The Morgan fingerprint density at radius 1 is 1.43 bits per heavy atom. The quantitative estimate of drug-likeness (QED) is 0.612. The van der Waals surface area contributed by atoms with Gasteiger partial charge in [0.05, 0.1) is 6.10 Å². The molecule has 0 aliphatic heterocycles. The first-order valence-electron chi connectivity index (χ1n) is 4.51. The number of aliphatic hydroxyl groups excluding tert-OH is 1. The van der Waals surface area contributed by atoms with Crippen molar-refractivity contribution in [2.75, 3.05) is 5.75 Å². The summed E-state index contributed by atoms with van der Waals surface area (Å²) in [6.45, 7) is 3.31. The SMILES string of the molecule is CC(=O)c1ccc(SCC(C)O)cc1. The molecule has 0 aromatic heterocycles. The average molecular weight is 210 g/mol. The molecule has 0 aliphatic carbocycles. The van der Waals surface area contributed by atoms with Crippen molar-refractivity contribution in [2.45, 2.75) is 24.8 Å². The van der Waals surface area contributed by atoms with Crippen molar-refractivity contribution < 1.29 is 9.90 Å². The number of carbonyl (C=O) groups excluding carboxylic acids is 1. The largest absolute Gasteiger partial charge is 0.393 e. The Balaban J connectivity index is 2.60. The maximum absolute atomic E-state index is 11.0. The maximum Gasteiger partial charge on any atom is 0.159 e. The minimum absolute atomic E-state index is 0.0806. The van der Waals surface area contributed by atoms with Crippen molar-refractivity contribution in [3.8, 4) is 0 Å². The van der Waals surface area contributed by atoms with E-state index in [9.17, 15) is 4.79 Å². The van der Waals surface area contributed by atoms with Gasteiger partial charge in [0.1, 0.15) is 0 Å². The normalized spacial score (nSPS) is 12.5. The summed E-state index contributed by atoms with van der Waals surface area (Å²) in [7, 11) is 0. The van der Waals surface area contributed by atoms with Crippen LogP contribution in [0.15, 0.2) is 29.2 Å². The summed E-state index contributed by atoms with van der Waals surface area (Å²) in [6, 6.07) is 7.44. The number of rotatable bonds is 4. The van der Waals surface area contributed by atoms with Crippen molar-refractivity contribution in [3.05, 3.63) is 29.8 Å². The van der Waals surface area contributed by atoms with Gasteiger partial charge >= 0.3 is 0 Å². The van der Waals surface area contributed by atoms with Crippen LogP contribution in [0.25, 0.3) is 0 Å². The van der Waals surface area contributed by atoms with E-state index in [1.165, 1.54) is 0 Å². The van der Waals surface area contributed by atoms with Crippen LogP contribution in [0.4, 0.5) is 0 Å². The maximum atomic E-state index is 11.0. The molecule has 0 saturated heterocycles. The van der Waals surface area contributed by atoms with Gasteiger partial charge in [0.2, 0.25) is 0 Å². The number of carbonyl (C=O) groups is 1. The van der Waals surface area contributed by atoms with E-state index in [-0.39, 0.29) is 11.9 Å². The van der Waals surface area contributed by atoms with Gasteiger partial charge in [-0.2, -0.15) is 0 Å². The fourth-order valence-electron chi connectivity index (χ4n) is 1.00. The second kappa shape index (κ2) is 5.17. The van der Waals surface area contributed by atoms with Crippen LogP contribution < -0.4 is 0 Å². The third kappa shape index (κ3) is 3.52. The van der Waals surface area contributed by atoms with Gasteiger partial charge in [-0.3, -0.25) is 4.79 Å².